The molecule has 0 fully saturated rings. The summed E-state index contributed by atoms with van der Waals surface area (Å²) in [5, 5.41) is 0. The second-order valence-corrected chi connectivity index (χ2v) is 15.2. The topological polar surface area (TPSA) is 29.3 Å². The molecule has 0 bridgehead atoms. The number of benzene rings is 6. The molecule has 8 rings (SSSR count). The summed E-state index contributed by atoms with van der Waals surface area (Å²) in [6.07, 6.45) is 7.91. The van der Waals surface area contributed by atoms with Crippen molar-refractivity contribution in [2.24, 2.45) is 5.92 Å². The first-order valence-corrected chi connectivity index (χ1v) is 20.0. The Morgan fingerprint density at radius 2 is 1.11 bits per heavy atom. The third kappa shape index (κ3) is 7.44. The molecule has 0 radical (unpaired) electrons. The van der Waals surface area contributed by atoms with Gasteiger partial charge in [0.05, 0.1) is 0 Å². The lowest BCUT2D eigenvalue weighted by molar-refractivity contribution is 0.620. The van der Waals surface area contributed by atoms with Crippen molar-refractivity contribution < 1.29 is 4.42 Å². The molecule has 7 aromatic rings. The Kier molecular flexibility index (Phi) is 10.4. The van der Waals surface area contributed by atoms with Gasteiger partial charge in [0.15, 0.2) is 5.58 Å². The lowest BCUT2D eigenvalue weighted by Gasteiger charge is -2.27. The van der Waals surface area contributed by atoms with Gasteiger partial charge in [0.2, 0.25) is 5.89 Å². The van der Waals surface area contributed by atoms with Gasteiger partial charge >= 0.3 is 0 Å². The third-order valence-corrected chi connectivity index (χ3v) is 11.5. The number of allylic oxidation sites excluding steroid dienone is 4. The number of rotatable bonds is 11. The van der Waals surface area contributed by atoms with Gasteiger partial charge in [-0.2, -0.15) is 0 Å². The van der Waals surface area contributed by atoms with E-state index in [9.17, 15) is 0 Å². The molecular formula is C52H50N2O. The molecule has 1 heterocycles. The average molecular weight is 719 g/mol. The predicted octanol–water partition coefficient (Wildman–Crippen LogP) is 15.2. The van der Waals surface area contributed by atoms with Gasteiger partial charge in [0, 0.05) is 22.6 Å². The standard InChI is InChI=1S/C52H50N2O/c1-6-36(4)38-21-27-43(28-22-38)54(44-29-23-39(24-30-44)37(5)7-2)45-31-25-40(26-32-45)46-12-8-9-13-47(46)48-33-16-35(3)34-49(48)41-17-19-42(20-18-41)52-53-50-14-10-11-15-51(50)55-52/h8-33,35-37H,6-7,34H2,1-5H3. The highest BCUT2D eigenvalue weighted by atomic mass is 16.3. The van der Waals surface area contributed by atoms with Gasteiger partial charge in [-0.15, -0.1) is 0 Å². The van der Waals surface area contributed by atoms with Gasteiger partial charge in [0.25, 0.3) is 0 Å². The summed E-state index contributed by atoms with van der Waals surface area (Å²) in [6.45, 7) is 11.4. The van der Waals surface area contributed by atoms with E-state index in [0.717, 1.165) is 53.0 Å². The van der Waals surface area contributed by atoms with E-state index in [-0.39, 0.29) is 0 Å². The van der Waals surface area contributed by atoms with Crippen molar-refractivity contribution in [3.63, 3.8) is 0 Å². The molecule has 6 aromatic carbocycles. The number of para-hydroxylation sites is 2. The molecule has 1 aromatic heterocycles. The van der Waals surface area contributed by atoms with Crippen LogP contribution in [0.5, 0.6) is 0 Å². The minimum atomic E-state index is 0.450. The third-order valence-electron chi connectivity index (χ3n) is 11.5. The number of anilines is 3. The van der Waals surface area contributed by atoms with E-state index >= 15 is 0 Å². The van der Waals surface area contributed by atoms with Crippen molar-refractivity contribution in [1.82, 2.24) is 4.98 Å². The van der Waals surface area contributed by atoms with Crippen molar-refractivity contribution in [1.29, 1.82) is 0 Å². The smallest absolute Gasteiger partial charge is 0.227 e. The van der Waals surface area contributed by atoms with Crippen molar-refractivity contribution in [2.45, 2.75) is 65.7 Å². The molecule has 0 spiro atoms. The number of aromatic nitrogens is 1. The predicted molar refractivity (Wildman–Crippen MR) is 233 cm³/mol. The van der Waals surface area contributed by atoms with Crippen molar-refractivity contribution in [2.75, 3.05) is 4.90 Å². The molecule has 3 atom stereocenters. The molecule has 0 aliphatic heterocycles. The first kappa shape index (κ1) is 36.1. The summed E-state index contributed by atoms with van der Waals surface area (Å²) in [5.74, 6) is 2.17. The molecule has 3 nitrogen and oxygen atoms in total. The Hall–Kier alpha value is -5.93. The fraction of sp³-hybridized carbons (Fsp3) is 0.212. The van der Waals surface area contributed by atoms with Crippen molar-refractivity contribution >= 4 is 39.3 Å². The first-order chi connectivity index (χ1) is 26.9. The Bertz CT molecular complexity index is 2360. The molecular weight excluding hydrogens is 669 g/mol. The highest BCUT2D eigenvalue weighted by Crippen LogP contribution is 2.42. The molecule has 0 saturated heterocycles. The van der Waals surface area contributed by atoms with Crippen LogP contribution in [0.4, 0.5) is 17.1 Å². The number of hydrogen-bond acceptors (Lipinski definition) is 3. The highest BCUT2D eigenvalue weighted by Gasteiger charge is 2.21. The van der Waals surface area contributed by atoms with Crippen LogP contribution in [0.2, 0.25) is 0 Å². The normalized spacial score (nSPS) is 15.3. The maximum Gasteiger partial charge on any atom is 0.227 e. The van der Waals surface area contributed by atoms with E-state index in [1.807, 2.05) is 24.3 Å². The average Bonchev–Trinajstić information content (AvgIpc) is 3.69. The second-order valence-electron chi connectivity index (χ2n) is 15.2. The highest BCUT2D eigenvalue weighted by molar-refractivity contribution is 6.00. The van der Waals surface area contributed by atoms with Gasteiger partial charge in [-0.3, -0.25) is 0 Å². The van der Waals surface area contributed by atoms with Crippen LogP contribution in [-0.2, 0) is 0 Å². The Labute approximate surface area is 326 Å². The molecule has 274 valence electrons. The van der Waals surface area contributed by atoms with Crippen LogP contribution < -0.4 is 4.90 Å². The molecule has 3 heteroatoms. The van der Waals surface area contributed by atoms with Crippen LogP contribution in [0.25, 0.3) is 44.8 Å². The van der Waals surface area contributed by atoms with Crippen LogP contribution in [0.1, 0.15) is 88.0 Å². The first-order valence-electron chi connectivity index (χ1n) is 20.0. The van der Waals surface area contributed by atoms with E-state index in [1.54, 1.807) is 0 Å². The summed E-state index contributed by atoms with van der Waals surface area (Å²) in [7, 11) is 0. The van der Waals surface area contributed by atoms with E-state index in [0.29, 0.717) is 23.6 Å². The minimum absolute atomic E-state index is 0.450. The van der Waals surface area contributed by atoms with Crippen molar-refractivity contribution in [3.05, 3.63) is 180 Å². The largest absolute Gasteiger partial charge is 0.436 e. The Balaban J connectivity index is 1.14. The molecule has 3 unspecified atom stereocenters. The second kappa shape index (κ2) is 15.8. The summed E-state index contributed by atoms with van der Waals surface area (Å²) < 4.78 is 6.08. The summed E-state index contributed by atoms with van der Waals surface area (Å²) >= 11 is 0. The molecule has 55 heavy (non-hydrogen) atoms. The lowest BCUT2D eigenvalue weighted by atomic mass is 9.81. The number of hydrogen-bond donors (Lipinski definition) is 0. The maximum absolute atomic E-state index is 6.08. The number of fused-ring (bicyclic) bond motifs is 1. The summed E-state index contributed by atoms with van der Waals surface area (Å²) in [5.41, 5.74) is 16.4. The summed E-state index contributed by atoms with van der Waals surface area (Å²) in [4.78, 5) is 7.11. The van der Waals surface area contributed by atoms with E-state index in [4.69, 9.17) is 9.40 Å². The summed E-state index contributed by atoms with van der Waals surface area (Å²) in [6, 6.07) is 52.9. The number of oxazole rings is 1. The zero-order valence-electron chi connectivity index (χ0n) is 32.7. The maximum atomic E-state index is 6.08. The quantitative estimate of drug-likeness (QED) is 0.133. The lowest BCUT2D eigenvalue weighted by Crippen LogP contribution is -2.10. The Morgan fingerprint density at radius 3 is 1.69 bits per heavy atom. The van der Waals surface area contributed by atoms with Gasteiger partial charge in [-0.25, -0.2) is 4.98 Å². The van der Waals surface area contributed by atoms with Gasteiger partial charge < -0.3 is 9.32 Å². The fourth-order valence-corrected chi connectivity index (χ4v) is 7.78. The van der Waals surface area contributed by atoms with Crippen LogP contribution in [0, 0.1) is 5.92 Å². The SMILES string of the molecule is CCC(C)c1ccc(N(c2ccc(-c3ccccc3C3=C(c4ccc(-c5nc6ccccc6o5)cc4)CC(C)C=C3)cc2)c2ccc(C(C)CC)cc2)cc1. The zero-order chi connectivity index (χ0) is 37.9. The van der Waals surface area contributed by atoms with Crippen LogP contribution in [0.3, 0.4) is 0 Å². The number of nitrogens with zero attached hydrogens (tertiary/aromatic N) is 2. The van der Waals surface area contributed by atoms with Gasteiger partial charge in [0.1, 0.15) is 5.52 Å². The minimum Gasteiger partial charge on any atom is -0.436 e. The van der Waals surface area contributed by atoms with E-state index < -0.39 is 0 Å². The molecule has 0 N–H and O–H groups in total. The van der Waals surface area contributed by atoms with Gasteiger partial charge in [-0.05, 0) is 142 Å². The zero-order valence-corrected chi connectivity index (χ0v) is 32.7. The Morgan fingerprint density at radius 1 is 0.600 bits per heavy atom. The fourth-order valence-electron chi connectivity index (χ4n) is 7.78. The molecule has 0 amide bonds. The van der Waals surface area contributed by atoms with Crippen LogP contribution in [-0.4, -0.2) is 4.98 Å². The van der Waals surface area contributed by atoms with Crippen LogP contribution in [0.15, 0.2) is 162 Å². The molecule has 0 saturated carbocycles. The van der Waals surface area contributed by atoms with E-state index in [2.05, 4.69) is 173 Å². The molecule has 1 aliphatic carbocycles. The monoisotopic (exact) mass is 718 g/mol. The van der Waals surface area contributed by atoms with Crippen molar-refractivity contribution in [3.8, 4) is 22.6 Å². The van der Waals surface area contributed by atoms with Crippen LogP contribution >= 0.6 is 0 Å². The molecule has 1 aliphatic rings. The van der Waals surface area contributed by atoms with Gasteiger partial charge in [-0.1, -0.05) is 132 Å². The van der Waals surface area contributed by atoms with E-state index in [1.165, 1.54) is 44.5 Å².